The lowest BCUT2D eigenvalue weighted by Crippen LogP contribution is -2.71. The molecule has 0 aromatic rings. The van der Waals surface area contributed by atoms with Gasteiger partial charge < -0.3 is 4.74 Å². The molecule has 0 aliphatic rings. The molecular formula is C11H5F19O3. The average molecular weight is 546 g/mol. The molecule has 3 nitrogen and oxygen atoms in total. The molecule has 0 saturated carbocycles. The van der Waals surface area contributed by atoms with Crippen molar-refractivity contribution in [2.45, 2.75) is 54.3 Å². The molecule has 0 amide bonds. The van der Waals surface area contributed by atoms with Crippen molar-refractivity contribution in [3.05, 3.63) is 0 Å². The van der Waals surface area contributed by atoms with E-state index in [1.807, 2.05) is 4.74 Å². The molecule has 0 aliphatic carbocycles. The highest BCUT2D eigenvalue weighted by Crippen LogP contribution is 2.61. The standard InChI is InChI=1S/C11H5F19O3/c1-31-2-3(12,13)32-10(27,28)11(29,30)33-9(25,26)7(20,21)5(16,17)4(14,15)6(18,19)8(22,23)24/h2H2,1H3. The monoisotopic (exact) mass is 546 g/mol. The minimum atomic E-state index is -8.66. The number of hydrogen-bond acceptors (Lipinski definition) is 3. The summed E-state index contributed by atoms with van der Waals surface area (Å²) in [5.74, 6) is -34.0. The zero-order valence-corrected chi connectivity index (χ0v) is 14.6. The third kappa shape index (κ3) is 5.30. The van der Waals surface area contributed by atoms with Gasteiger partial charge in [0.25, 0.3) is 0 Å². The minimum absolute atomic E-state index is 0.289. The fraction of sp³-hybridized carbons (Fsp3) is 1.00. The summed E-state index contributed by atoms with van der Waals surface area (Å²) in [6, 6.07) is 0. The van der Waals surface area contributed by atoms with Crippen molar-refractivity contribution in [1.82, 2.24) is 0 Å². The quantitative estimate of drug-likeness (QED) is 0.292. The molecule has 0 aromatic carbocycles. The Labute approximate surface area is 167 Å². The molecule has 0 atom stereocenters. The molecule has 0 unspecified atom stereocenters. The summed E-state index contributed by atoms with van der Waals surface area (Å²) in [6.45, 7) is -2.36. The van der Waals surface area contributed by atoms with E-state index < -0.39 is 60.9 Å². The molecule has 0 fully saturated rings. The number of halogens is 19. The molecule has 33 heavy (non-hydrogen) atoms. The van der Waals surface area contributed by atoms with Crippen molar-refractivity contribution in [1.29, 1.82) is 0 Å². The number of alkyl halides is 19. The van der Waals surface area contributed by atoms with Crippen molar-refractivity contribution >= 4 is 0 Å². The van der Waals surface area contributed by atoms with E-state index in [2.05, 4.69) is 4.74 Å². The van der Waals surface area contributed by atoms with Crippen LogP contribution in [0.5, 0.6) is 0 Å². The molecule has 0 N–H and O–H groups in total. The van der Waals surface area contributed by atoms with Gasteiger partial charge in [0.2, 0.25) is 0 Å². The Morgan fingerprint density at radius 1 is 0.424 bits per heavy atom. The lowest BCUT2D eigenvalue weighted by molar-refractivity contribution is -0.544. The van der Waals surface area contributed by atoms with E-state index in [0.29, 0.717) is 0 Å². The molecule has 0 spiro atoms. The summed E-state index contributed by atoms with van der Waals surface area (Å²) in [5, 5.41) is 0. The first-order valence-electron chi connectivity index (χ1n) is 6.96. The zero-order chi connectivity index (χ0) is 27.3. The largest absolute Gasteiger partial charge is 0.460 e. The second-order valence-electron chi connectivity index (χ2n) is 5.62. The summed E-state index contributed by atoms with van der Waals surface area (Å²) >= 11 is 0. The molecule has 200 valence electrons. The van der Waals surface area contributed by atoms with E-state index in [1.54, 1.807) is 0 Å². The summed E-state index contributed by atoms with van der Waals surface area (Å²) < 4.78 is 250. The van der Waals surface area contributed by atoms with Gasteiger partial charge in [-0.05, 0) is 0 Å². The summed E-state index contributed by atoms with van der Waals surface area (Å²) in [5.41, 5.74) is 0. The molecule has 0 saturated heterocycles. The highest BCUT2D eigenvalue weighted by molar-refractivity contribution is 5.08. The minimum Gasteiger partial charge on any atom is -0.376 e. The van der Waals surface area contributed by atoms with Crippen LogP contribution in [0.25, 0.3) is 0 Å². The van der Waals surface area contributed by atoms with Crippen LogP contribution in [-0.4, -0.2) is 68.0 Å². The van der Waals surface area contributed by atoms with Gasteiger partial charge in [0, 0.05) is 7.11 Å². The third-order valence-electron chi connectivity index (χ3n) is 3.09. The van der Waals surface area contributed by atoms with E-state index in [0.717, 1.165) is 0 Å². The van der Waals surface area contributed by atoms with Gasteiger partial charge >= 0.3 is 54.3 Å². The Morgan fingerprint density at radius 3 is 1.09 bits per heavy atom. The smallest absolute Gasteiger partial charge is 0.376 e. The van der Waals surface area contributed by atoms with Crippen LogP contribution in [0.3, 0.4) is 0 Å². The molecule has 0 aromatic heterocycles. The predicted molar refractivity (Wildman–Crippen MR) is 59.7 cm³/mol. The number of hydrogen-bond donors (Lipinski definition) is 0. The zero-order valence-electron chi connectivity index (χ0n) is 14.6. The van der Waals surface area contributed by atoms with Crippen molar-refractivity contribution < 1.29 is 97.6 Å². The van der Waals surface area contributed by atoms with Crippen molar-refractivity contribution in [2.24, 2.45) is 0 Å². The lowest BCUT2D eigenvalue weighted by atomic mass is 9.97. The van der Waals surface area contributed by atoms with Crippen LogP contribution in [-0.2, 0) is 14.2 Å². The van der Waals surface area contributed by atoms with Crippen molar-refractivity contribution in [2.75, 3.05) is 13.7 Å². The Balaban J connectivity index is 6.32. The summed E-state index contributed by atoms with van der Waals surface area (Å²) in [4.78, 5) is 0. The third-order valence-corrected chi connectivity index (χ3v) is 3.09. The Kier molecular flexibility index (Phi) is 7.98. The number of methoxy groups -OCH3 is 1. The molecule has 0 radical (unpaired) electrons. The number of ether oxygens (including phenoxy) is 3. The average Bonchev–Trinajstić information content (AvgIpc) is 2.50. The van der Waals surface area contributed by atoms with E-state index >= 15 is 0 Å². The van der Waals surface area contributed by atoms with Gasteiger partial charge in [0.05, 0.1) is 0 Å². The predicted octanol–water partition coefficient (Wildman–Crippen LogP) is 6.14. The summed E-state index contributed by atoms with van der Waals surface area (Å²) in [7, 11) is 0.289. The lowest BCUT2D eigenvalue weighted by Gasteiger charge is -2.40. The fourth-order valence-corrected chi connectivity index (χ4v) is 1.48. The molecule has 0 heterocycles. The second kappa shape index (κ2) is 8.34. The molecule has 0 bridgehead atoms. The maximum absolute atomic E-state index is 13.2. The Bertz CT molecular complexity index is 681. The van der Waals surface area contributed by atoms with Gasteiger partial charge in [0.15, 0.2) is 0 Å². The van der Waals surface area contributed by atoms with Crippen LogP contribution in [0, 0.1) is 0 Å². The summed E-state index contributed by atoms with van der Waals surface area (Å²) in [6.07, 6.45) is -36.3. The second-order valence-corrected chi connectivity index (χ2v) is 5.62. The highest BCUT2D eigenvalue weighted by Gasteiger charge is 2.92. The Hall–Kier alpha value is -1.45. The van der Waals surface area contributed by atoms with Crippen LogP contribution in [0.15, 0.2) is 0 Å². The van der Waals surface area contributed by atoms with Gasteiger partial charge in [-0.25, -0.2) is 9.47 Å². The highest BCUT2D eigenvalue weighted by atomic mass is 19.4. The van der Waals surface area contributed by atoms with Gasteiger partial charge in [-0.1, -0.05) is 0 Å². The molecule has 22 heteroatoms. The molecule has 0 aliphatic heterocycles. The van der Waals surface area contributed by atoms with Crippen molar-refractivity contribution in [3.63, 3.8) is 0 Å². The first-order chi connectivity index (χ1) is 14.0. The SMILES string of the molecule is COCC(F)(F)OC(F)(F)C(F)(F)OC(F)(F)C(F)(F)C(F)(F)C(F)(F)C(F)(F)C(F)(F)F. The van der Waals surface area contributed by atoms with Crippen LogP contribution < -0.4 is 0 Å². The van der Waals surface area contributed by atoms with Crippen LogP contribution in [0.4, 0.5) is 83.4 Å². The normalized spacial score (nSPS) is 16.4. The van der Waals surface area contributed by atoms with E-state index in [1.165, 1.54) is 4.74 Å². The topological polar surface area (TPSA) is 27.7 Å². The molecular weight excluding hydrogens is 541 g/mol. The van der Waals surface area contributed by atoms with E-state index in [-0.39, 0.29) is 7.11 Å². The van der Waals surface area contributed by atoms with E-state index in [4.69, 9.17) is 0 Å². The van der Waals surface area contributed by atoms with E-state index in [9.17, 15) is 83.4 Å². The fourth-order valence-electron chi connectivity index (χ4n) is 1.48. The first kappa shape index (κ1) is 31.6. The van der Waals surface area contributed by atoms with Crippen LogP contribution >= 0.6 is 0 Å². The maximum atomic E-state index is 13.2. The van der Waals surface area contributed by atoms with Gasteiger partial charge in [-0.2, -0.15) is 83.4 Å². The first-order valence-corrected chi connectivity index (χ1v) is 6.96. The van der Waals surface area contributed by atoms with Crippen LogP contribution in [0.2, 0.25) is 0 Å². The van der Waals surface area contributed by atoms with Gasteiger partial charge in [-0.15, -0.1) is 0 Å². The molecule has 0 rings (SSSR count). The van der Waals surface area contributed by atoms with Crippen molar-refractivity contribution in [3.8, 4) is 0 Å². The number of rotatable bonds is 11. The van der Waals surface area contributed by atoms with Gasteiger partial charge in [0.1, 0.15) is 6.61 Å². The van der Waals surface area contributed by atoms with Crippen LogP contribution in [0.1, 0.15) is 0 Å². The maximum Gasteiger partial charge on any atom is 0.460 e. The Morgan fingerprint density at radius 2 is 0.758 bits per heavy atom. The van der Waals surface area contributed by atoms with Gasteiger partial charge in [-0.3, -0.25) is 0 Å².